The van der Waals surface area contributed by atoms with Crippen LogP contribution in [0.15, 0.2) is 4.99 Å². The fourth-order valence-electron chi connectivity index (χ4n) is 0.916. The van der Waals surface area contributed by atoms with E-state index in [2.05, 4.69) is 36.0 Å². The third-order valence-corrected chi connectivity index (χ3v) is 2.76. The Morgan fingerprint density at radius 2 is 2.11 bits per heavy atom. The van der Waals surface area contributed by atoms with Crippen LogP contribution >= 0.6 is 0 Å². The van der Waals surface area contributed by atoms with E-state index in [0.717, 1.165) is 10.2 Å². The summed E-state index contributed by atoms with van der Waals surface area (Å²) < 4.78 is 0. The highest BCUT2D eigenvalue weighted by Gasteiger charge is 2.20. The Balaban J connectivity index is 2.70. The SMILES string of the molecule is CC1N=C([SiH3])N(C)N1C. The number of hydrogen-bond donors (Lipinski definition) is 0. The monoisotopic (exact) mass is 143 g/mol. The maximum atomic E-state index is 4.38. The Morgan fingerprint density at radius 3 is 2.22 bits per heavy atom. The van der Waals surface area contributed by atoms with Gasteiger partial charge < -0.3 is 0 Å². The minimum Gasteiger partial charge on any atom is -0.300 e. The molecule has 1 heterocycles. The van der Waals surface area contributed by atoms with Crippen LogP contribution < -0.4 is 0 Å². The molecule has 1 rings (SSSR count). The molecule has 0 aliphatic carbocycles. The first-order chi connectivity index (χ1) is 4.13. The molecule has 0 radical (unpaired) electrons. The van der Waals surface area contributed by atoms with Gasteiger partial charge in [0.25, 0.3) is 0 Å². The van der Waals surface area contributed by atoms with Crippen molar-refractivity contribution in [3.63, 3.8) is 0 Å². The maximum absolute atomic E-state index is 4.38. The third kappa shape index (κ3) is 0.996. The number of hydrogen-bond acceptors (Lipinski definition) is 3. The second-order valence-corrected chi connectivity index (χ2v) is 3.30. The predicted octanol–water partition coefficient (Wildman–Crippen LogP) is -1.15. The molecular weight excluding hydrogens is 130 g/mol. The Labute approximate surface area is 58.7 Å². The average Bonchev–Trinajstić information content (AvgIpc) is 1.98. The molecule has 1 unspecified atom stereocenters. The molecule has 0 saturated heterocycles. The molecule has 0 fully saturated rings. The Bertz CT molecular complexity index is 145. The summed E-state index contributed by atoms with van der Waals surface area (Å²) in [5.74, 6) is 0. The van der Waals surface area contributed by atoms with Gasteiger partial charge >= 0.3 is 0 Å². The summed E-state index contributed by atoms with van der Waals surface area (Å²) in [6, 6.07) is 0. The van der Waals surface area contributed by atoms with Crippen molar-refractivity contribution in [2.45, 2.75) is 13.1 Å². The molecule has 0 aromatic carbocycles. The predicted molar refractivity (Wildman–Crippen MR) is 42.4 cm³/mol. The van der Waals surface area contributed by atoms with Gasteiger partial charge in [0.15, 0.2) is 0 Å². The molecule has 52 valence electrons. The lowest BCUT2D eigenvalue weighted by Gasteiger charge is -2.23. The molecule has 1 aliphatic heterocycles. The van der Waals surface area contributed by atoms with Gasteiger partial charge in [-0.2, -0.15) is 5.01 Å². The van der Waals surface area contributed by atoms with Crippen LogP contribution in [0.2, 0.25) is 0 Å². The zero-order valence-electron chi connectivity index (χ0n) is 6.42. The van der Waals surface area contributed by atoms with E-state index < -0.39 is 0 Å². The topological polar surface area (TPSA) is 18.8 Å². The molecule has 1 atom stereocenters. The van der Waals surface area contributed by atoms with Crippen molar-refractivity contribution in [3.8, 4) is 0 Å². The van der Waals surface area contributed by atoms with Gasteiger partial charge in [0.1, 0.15) is 6.17 Å². The van der Waals surface area contributed by atoms with Gasteiger partial charge in [-0.1, -0.05) is 0 Å². The van der Waals surface area contributed by atoms with E-state index in [9.17, 15) is 0 Å². The summed E-state index contributed by atoms with van der Waals surface area (Å²) in [4.78, 5) is 4.38. The lowest BCUT2D eigenvalue weighted by molar-refractivity contribution is 0.0935. The first kappa shape index (κ1) is 6.76. The summed E-state index contributed by atoms with van der Waals surface area (Å²) in [5.41, 5.74) is 1.23. The van der Waals surface area contributed by atoms with Gasteiger partial charge in [-0.15, -0.1) is 0 Å². The van der Waals surface area contributed by atoms with Crippen LogP contribution in [-0.2, 0) is 0 Å². The van der Waals surface area contributed by atoms with Crippen LogP contribution in [0.1, 0.15) is 6.92 Å². The molecule has 1 aliphatic rings. The van der Waals surface area contributed by atoms with Crippen LogP contribution in [0, 0.1) is 0 Å². The number of nitrogens with zero attached hydrogens (tertiary/aromatic N) is 3. The fourth-order valence-corrected chi connectivity index (χ4v) is 1.61. The lowest BCUT2D eigenvalue weighted by Crippen LogP contribution is -2.38. The van der Waals surface area contributed by atoms with Crippen molar-refractivity contribution in [2.75, 3.05) is 14.1 Å². The summed E-state index contributed by atoms with van der Waals surface area (Å²) in [6.45, 7) is 2.10. The molecular formula is C5H13N3Si. The van der Waals surface area contributed by atoms with E-state index >= 15 is 0 Å². The molecule has 0 amide bonds. The second-order valence-electron chi connectivity index (χ2n) is 2.41. The van der Waals surface area contributed by atoms with Gasteiger partial charge in [-0.3, -0.25) is 10.0 Å². The Hall–Kier alpha value is -0.353. The number of rotatable bonds is 0. The molecule has 0 aromatic heterocycles. The second kappa shape index (κ2) is 2.11. The number of amidine groups is 1. The van der Waals surface area contributed by atoms with E-state index in [1.54, 1.807) is 0 Å². The van der Waals surface area contributed by atoms with Crippen LogP contribution in [0.3, 0.4) is 0 Å². The number of hydrazine groups is 1. The van der Waals surface area contributed by atoms with Gasteiger partial charge in [-0.25, -0.2) is 0 Å². The van der Waals surface area contributed by atoms with Gasteiger partial charge in [0, 0.05) is 14.1 Å². The van der Waals surface area contributed by atoms with Crippen LogP contribution in [0.25, 0.3) is 0 Å². The van der Waals surface area contributed by atoms with Crippen molar-refractivity contribution in [3.05, 3.63) is 0 Å². The smallest absolute Gasteiger partial charge is 0.117 e. The first-order valence-corrected chi connectivity index (χ1v) is 4.14. The van der Waals surface area contributed by atoms with Crippen molar-refractivity contribution in [1.29, 1.82) is 0 Å². The quantitative estimate of drug-likeness (QED) is 0.399. The normalized spacial score (nSPS) is 29.4. The largest absolute Gasteiger partial charge is 0.300 e. The van der Waals surface area contributed by atoms with Gasteiger partial charge in [0.05, 0.1) is 15.7 Å². The summed E-state index contributed by atoms with van der Waals surface area (Å²) in [7, 11) is 5.15. The van der Waals surface area contributed by atoms with Gasteiger partial charge in [0.2, 0.25) is 0 Å². The van der Waals surface area contributed by atoms with Crippen molar-refractivity contribution < 1.29 is 0 Å². The zero-order valence-corrected chi connectivity index (χ0v) is 8.42. The average molecular weight is 143 g/mol. The first-order valence-electron chi connectivity index (χ1n) is 3.14. The van der Waals surface area contributed by atoms with E-state index in [1.165, 1.54) is 5.46 Å². The minimum atomic E-state index is 0.350. The van der Waals surface area contributed by atoms with E-state index in [0.29, 0.717) is 6.17 Å². The summed E-state index contributed by atoms with van der Waals surface area (Å²) in [5, 5.41) is 4.24. The summed E-state index contributed by atoms with van der Waals surface area (Å²) in [6.07, 6.45) is 0.350. The van der Waals surface area contributed by atoms with Crippen molar-refractivity contribution >= 4 is 15.7 Å². The minimum absolute atomic E-state index is 0.350. The molecule has 0 aromatic rings. The summed E-state index contributed by atoms with van der Waals surface area (Å²) >= 11 is 0. The Morgan fingerprint density at radius 1 is 1.56 bits per heavy atom. The molecule has 9 heavy (non-hydrogen) atoms. The van der Waals surface area contributed by atoms with Crippen molar-refractivity contribution in [1.82, 2.24) is 10.0 Å². The highest BCUT2D eigenvalue weighted by Crippen LogP contribution is 2.08. The highest BCUT2D eigenvalue weighted by atomic mass is 28.1. The highest BCUT2D eigenvalue weighted by molar-refractivity contribution is 6.58. The molecule has 0 N–H and O–H groups in total. The van der Waals surface area contributed by atoms with Crippen molar-refractivity contribution in [2.24, 2.45) is 4.99 Å². The van der Waals surface area contributed by atoms with Crippen LogP contribution in [-0.4, -0.2) is 46.0 Å². The molecule has 0 saturated carbocycles. The van der Waals surface area contributed by atoms with E-state index in [-0.39, 0.29) is 0 Å². The van der Waals surface area contributed by atoms with E-state index in [4.69, 9.17) is 0 Å². The van der Waals surface area contributed by atoms with Crippen LogP contribution in [0.5, 0.6) is 0 Å². The Kier molecular flexibility index (Phi) is 1.59. The molecule has 0 spiro atoms. The van der Waals surface area contributed by atoms with Crippen LogP contribution in [0.4, 0.5) is 0 Å². The van der Waals surface area contributed by atoms with E-state index in [1.807, 2.05) is 0 Å². The fraction of sp³-hybridized carbons (Fsp3) is 0.800. The van der Waals surface area contributed by atoms with Gasteiger partial charge in [-0.05, 0) is 6.92 Å². The lowest BCUT2D eigenvalue weighted by atomic mass is 10.6. The standard InChI is InChI=1S/C5H13N3Si/c1-4-6-5(9)8(3)7(4)2/h4H,1-3,9H3. The third-order valence-electron chi connectivity index (χ3n) is 1.86. The zero-order chi connectivity index (χ0) is 7.02. The maximum Gasteiger partial charge on any atom is 0.117 e. The molecule has 0 bridgehead atoms. The molecule has 4 heteroatoms. The molecule has 3 nitrogen and oxygen atoms in total. The number of aliphatic imine (C=N–C) groups is 1.